The number of amides is 1. The van der Waals surface area contributed by atoms with E-state index in [0.29, 0.717) is 5.91 Å². The molecule has 0 N–H and O–H groups in total. The average molecular weight is 260 g/mol. The van der Waals surface area contributed by atoms with Crippen molar-refractivity contribution in [3.8, 4) is 0 Å². The third kappa shape index (κ3) is 3.08. The number of nitrogens with zero attached hydrogens (tertiary/aromatic N) is 2. The van der Waals surface area contributed by atoms with Crippen molar-refractivity contribution in [3.05, 3.63) is 0 Å². The molecule has 0 bridgehead atoms. The minimum Gasteiger partial charge on any atom is -0.339 e. The number of carbonyl (C=O) groups is 1. The van der Waals surface area contributed by atoms with Gasteiger partial charge in [0, 0.05) is 43.4 Å². The van der Waals surface area contributed by atoms with Gasteiger partial charge in [-0.25, -0.2) is 0 Å². The van der Waals surface area contributed by atoms with Crippen LogP contribution in [0.4, 0.5) is 0 Å². The highest BCUT2D eigenvalue weighted by molar-refractivity contribution is 8.07. The summed E-state index contributed by atoms with van der Waals surface area (Å²) in [4.78, 5) is 16.7. The standard InChI is InChI=1S/C11H20N2OS2/c1-2-12-3-5-13(6-4-12)11(14)10-9-15-7-8-16-10/h10H,2-9H2,1H3. The van der Waals surface area contributed by atoms with Gasteiger partial charge in [0.05, 0.1) is 5.25 Å². The minimum atomic E-state index is 0.229. The largest absolute Gasteiger partial charge is 0.339 e. The predicted octanol–water partition coefficient (Wildman–Crippen LogP) is 0.999. The van der Waals surface area contributed by atoms with Gasteiger partial charge in [-0.15, -0.1) is 11.8 Å². The maximum Gasteiger partial charge on any atom is 0.236 e. The first-order valence-corrected chi connectivity index (χ1v) is 8.22. The zero-order valence-electron chi connectivity index (χ0n) is 9.85. The van der Waals surface area contributed by atoms with Crippen LogP contribution in [0.15, 0.2) is 0 Å². The van der Waals surface area contributed by atoms with E-state index in [9.17, 15) is 4.79 Å². The van der Waals surface area contributed by atoms with E-state index >= 15 is 0 Å². The fourth-order valence-corrected chi connectivity index (χ4v) is 4.75. The van der Waals surface area contributed by atoms with Crippen LogP contribution in [-0.2, 0) is 4.79 Å². The summed E-state index contributed by atoms with van der Waals surface area (Å²) in [7, 11) is 0. The molecule has 3 nitrogen and oxygen atoms in total. The Hall–Kier alpha value is 0.130. The van der Waals surface area contributed by atoms with Crippen LogP contribution in [0.3, 0.4) is 0 Å². The van der Waals surface area contributed by atoms with Crippen LogP contribution in [0.25, 0.3) is 0 Å². The van der Waals surface area contributed by atoms with Gasteiger partial charge in [-0.05, 0) is 6.54 Å². The molecule has 2 fully saturated rings. The Morgan fingerprint density at radius 3 is 2.56 bits per heavy atom. The van der Waals surface area contributed by atoms with Crippen LogP contribution in [0, 0.1) is 0 Å². The first-order chi connectivity index (χ1) is 7.81. The van der Waals surface area contributed by atoms with Crippen molar-refractivity contribution in [2.75, 3.05) is 50.0 Å². The lowest BCUT2D eigenvalue weighted by Crippen LogP contribution is -2.51. The summed E-state index contributed by atoms with van der Waals surface area (Å²) in [6.07, 6.45) is 0. The maximum atomic E-state index is 12.2. The second kappa shape index (κ2) is 6.17. The molecule has 2 rings (SSSR count). The summed E-state index contributed by atoms with van der Waals surface area (Å²) in [5.41, 5.74) is 0. The predicted molar refractivity (Wildman–Crippen MR) is 72.3 cm³/mol. The highest BCUT2D eigenvalue weighted by Gasteiger charge is 2.28. The summed E-state index contributed by atoms with van der Waals surface area (Å²) in [5.74, 6) is 3.74. The Morgan fingerprint density at radius 2 is 2.00 bits per heavy atom. The smallest absolute Gasteiger partial charge is 0.236 e. The fourth-order valence-electron chi connectivity index (χ4n) is 2.12. The topological polar surface area (TPSA) is 23.6 Å². The lowest BCUT2D eigenvalue weighted by atomic mass is 10.3. The Morgan fingerprint density at radius 1 is 1.25 bits per heavy atom. The molecule has 1 atom stereocenters. The first kappa shape index (κ1) is 12.6. The Balaban J connectivity index is 1.81. The second-order valence-corrected chi connectivity index (χ2v) is 6.65. The molecule has 5 heteroatoms. The molecule has 0 aliphatic carbocycles. The highest BCUT2D eigenvalue weighted by atomic mass is 32.2. The number of hydrogen-bond acceptors (Lipinski definition) is 4. The molecule has 0 radical (unpaired) electrons. The molecule has 0 spiro atoms. The fraction of sp³-hybridized carbons (Fsp3) is 0.909. The SMILES string of the molecule is CCN1CCN(C(=O)C2CSCCS2)CC1. The lowest BCUT2D eigenvalue weighted by Gasteiger charge is -2.36. The van der Waals surface area contributed by atoms with E-state index < -0.39 is 0 Å². The van der Waals surface area contributed by atoms with Crippen LogP contribution in [0.2, 0.25) is 0 Å². The van der Waals surface area contributed by atoms with Crippen molar-refractivity contribution in [1.82, 2.24) is 9.80 Å². The van der Waals surface area contributed by atoms with Gasteiger partial charge in [0.1, 0.15) is 0 Å². The molecular weight excluding hydrogens is 240 g/mol. The van der Waals surface area contributed by atoms with Gasteiger partial charge in [0.25, 0.3) is 0 Å². The molecule has 0 aromatic rings. The van der Waals surface area contributed by atoms with Crippen LogP contribution < -0.4 is 0 Å². The van der Waals surface area contributed by atoms with E-state index in [2.05, 4.69) is 16.7 Å². The molecule has 2 aliphatic rings. The van der Waals surface area contributed by atoms with Crippen molar-refractivity contribution in [2.45, 2.75) is 12.2 Å². The normalized spacial score (nSPS) is 28.1. The van der Waals surface area contributed by atoms with Crippen LogP contribution in [-0.4, -0.2) is 70.9 Å². The molecule has 2 aliphatic heterocycles. The van der Waals surface area contributed by atoms with E-state index in [-0.39, 0.29) is 5.25 Å². The van der Waals surface area contributed by atoms with Crippen molar-refractivity contribution in [3.63, 3.8) is 0 Å². The zero-order valence-corrected chi connectivity index (χ0v) is 11.5. The third-order valence-corrected chi connectivity index (χ3v) is 5.96. The number of hydrogen-bond donors (Lipinski definition) is 0. The second-order valence-electron chi connectivity index (χ2n) is 4.19. The van der Waals surface area contributed by atoms with Crippen LogP contribution >= 0.6 is 23.5 Å². The van der Waals surface area contributed by atoms with Crippen molar-refractivity contribution >= 4 is 29.4 Å². The summed E-state index contributed by atoms with van der Waals surface area (Å²) in [6, 6.07) is 0. The molecule has 2 saturated heterocycles. The molecule has 0 saturated carbocycles. The average Bonchev–Trinajstić information content (AvgIpc) is 2.39. The number of thioether (sulfide) groups is 2. The molecule has 1 unspecified atom stereocenters. The molecule has 2 heterocycles. The van der Waals surface area contributed by atoms with Crippen LogP contribution in [0.1, 0.15) is 6.92 Å². The Bertz CT molecular complexity index is 236. The van der Waals surface area contributed by atoms with Gasteiger partial charge in [-0.2, -0.15) is 11.8 Å². The number of carbonyl (C=O) groups excluding carboxylic acids is 1. The van der Waals surface area contributed by atoms with E-state index in [0.717, 1.165) is 44.2 Å². The van der Waals surface area contributed by atoms with Crippen molar-refractivity contribution < 1.29 is 4.79 Å². The third-order valence-electron chi connectivity index (χ3n) is 3.22. The molecule has 1 amide bonds. The highest BCUT2D eigenvalue weighted by Crippen LogP contribution is 2.25. The van der Waals surface area contributed by atoms with Gasteiger partial charge in [-0.1, -0.05) is 6.92 Å². The summed E-state index contributed by atoms with van der Waals surface area (Å²) < 4.78 is 0. The van der Waals surface area contributed by atoms with Gasteiger partial charge in [-0.3, -0.25) is 4.79 Å². The van der Waals surface area contributed by atoms with Gasteiger partial charge in [0.15, 0.2) is 0 Å². The zero-order chi connectivity index (χ0) is 11.4. The molecule has 0 aromatic heterocycles. The quantitative estimate of drug-likeness (QED) is 0.739. The van der Waals surface area contributed by atoms with Gasteiger partial charge >= 0.3 is 0 Å². The first-order valence-electron chi connectivity index (χ1n) is 6.01. The number of rotatable bonds is 2. The van der Waals surface area contributed by atoms with Gasteiger partial charge < -0.3 is 9.80 Å². The minimum absolute atomic E-state index is 0.229. The molecule has 92 valence electrons. The molecule has 0 aromatic carbocycles. The summed E-state index contributed by atoms with van der Waals surface area (Å²) in [6.45, 7) is 7.24. The van der Waals surface area contributed by atoms with Crippen LogP contribution in [0.5, 0.6) is 0 Å². The molecule has 16 heavy (non-hydrogen) atoms. The Labute approximate surface area is 106 Å². The number of likely N-dealkylation sites (N-methyl/N-ethyl adjacent to an activating group) is 1. The maximum absolute atomic E-state index is 12.2. The van der Waals surface area contributed by atoms with E-state index in [1.165, 1.54) is 5.75 Å². The summed E-state index contributed by atoms with van der Waals surface area (Å²) in [5, 5.41) is 0.229. The number of piperazine rings is 1. The van der Waals surface area contributed by atoms with Gasteiger partial charge in [0.2, 0.25) is 5.91 Å². The monoisotopic (exact) mass is 260 g/mol. The Kier molecular flexibility index (Phi) is 4.85. The summed E-state index contributed by atoms with van der Waals surface area (Å²) >= 11 is 3.77. The lowest BCUT2D eigenvalue weighted by molar-refractivity contribution is -0.131. The van der Waals surface area contributed by atoms with E-state index in [4.69, 9.17) is 0 Å². The van der Waals surface area contributed by atoms with Crippen molar-refractivity contribution in [2.24, 2.45) is 0 Å². The van der Waals surface area contributed by atoms with E-state index in [1.54, 1.807) is 0 Å². The van der Waals surface area contributed by atoms with Crippen molar-refractivity contribution in [1.29, 1.82) is 0 Å². The van der Waals surface area contributed by atoms with E-state index in [1.807, 2.05) is 23.5 Å². The molecular formula is C11H20N2OS2.